The van der Waals surface area contributed by atoms with Crippen LogP contribution in [0.15, 0.2) is 59.2 Å². The van der Waals surface area contributed by atoms with Crippen LogP contribution in [0.4, 0.5) is 10.1 Å². The smallest absolute Gasteiger partial charge is 0.226 e. The first-order valence-corrected chi connectivity index (χ1v) is 6.39. The predicted octanol–water partition coefficient (Wildman–Crippen LogP) is 3.64. The fraction of sp³-hybridized carbons (Fsp3) is 0.0625. The molecule has 0 aliphatic heterocycles. The van der Waals surface area contributed by atoms with Crippen LogP contribution in [0.1, 0.15) is 5.69 Å². The summed E-state index contributed by atoms with van der Waals surface area (Å²) >= 11 is 0. The number of ether oxygens (including phenoxy) is 1. The minimum atomic E-state index is -0.296. The minimum absolute atomic E-state index is 0.272. The molecule has 106 valence electrons. The van der Waals surface area contributed by atoms with E-state index in [0.717, 1.165) is 0 Å². The highest BCUT2D eigenvalue weighted by Crippen LogP contribution is 2.20. The average Bonchev–Trinajstić information content (AvgIpc) is 2.95. The number of hydrogen-bond donors (Lipinski definition) is 1. The number of benzene rings is 2. The number of halogens is 1. The van der Waals surface area contributed by atoms with Crippen LogP contribution in [0.5, 0.6) is 5.75 Å². The van der Waals surface area contributed by atoms with E-state index in [1.165, 1.54) is 18.4 Å². The second kappa shape index (κ2) is 5.66. The summed E-state index contributed by atoms with van der Waals surface area (Å²) in [7, 11) is 0. The molecular weight excluding hydrogens is 271 g/mol. The van der Waals surface area contributed by atoms with Gasteiger partial charge in [-0.1, -0.05) is 6.07 Å². The van der Waals surface area contributed by atoms with Crippen LogP contribution < -0.4 is 10.5 Å². The summed E-state index contributed by atoms with van der Waals surface area (Å²) in [6.45, 7) is 0.272. The van der Waals surface area contributed by atoms with Crippen molar-refractivity contribution in [2.45, 2.75) is 6.61 Å². The molecule has 2 aromatic carbocycles. The van der Waals surface area contributed by atoms with Crippen molar-refractivity contribution in [3.63, 3.8) is 0 Å². The maximum Gasteiger partial charge on any atom is 0.226 e. The Bertz CT molecular complexity index is 738. The lowest BCUT2D eigenvalue weighted by atomic mass is 10.2. The van der Waals surface area contributed by atoms with Crippen molar-refractivity contribution < 1.29 is 13.5 Å². The monoisotopic (exact) mass is 284 g/mol. The summed E-state index contributed by atoms with van der Waals surface area (Å²) in [6.07, 6.45) is 1.52. The number of anilines is 1. The van der Waals surface area contributed by atoms with Crippen LogP contribution in [0.25, 0.3) is 11.5 Å². The van der Waals surface area contributed by atoms with Gasteiger partial charge >= 0.3 is 0 Å². The summed E-state index contributed by atoms with van der Waals surface area (Å²) < 4.78 is 23.8. The molecule has 0 amide bonds. The Labute approximate surface area is 121 Å². The van der Waals surface area contributed by atoms with Crippen molar-refractivity contribution in [3.8, 4) is 17.2 Å². The first-order valence-electron chi connectivity index (χ1n) is 6.39. The molecular formula is C16H13FN2O2. The van der Waals surface area contributed by atoms with Gasteiger partial charge in [-0.15, -0.1) is 0 Å². The van der Waals surface area contributed by atoms with Gasteiger partial charge in [-0.2, -0.15) is 0 Å². The summed E-state index contributed by atoms with van der Waals surface area (Å²) in [6, 6.07) is 13.1. The molecule has 1 heterocycles. The van der Waals surface area contributed by atoms with E-state index >= 15 is 0 Å². The molecule has 3 rings (SSSR count). The first-order chi connectivity index (χ1) is 10.2. The van der Waals surface area contributed by atoms with E-state index in [0.29, 0.717) is 28.6 Å². The molecule has 0 saturated heterocycles. The number of nitrogens with two attached hydrogens (primary N) is 1. The average molecular weight is 284 g/mol. The van der Waals surface area contributed by atoms with Gasteiger partial charge in [0.2, 0.25) is 5.89 Å². The minimum Gasteiger partial charge on any atom is -0.487 e. The van der Waals surface area contributed by atoms with E-state index in [1.54, 1.807) is 24.3 Å². The lowest BCUT2D eigenvalue weighted by molar-refractivity contribution is 0.301. The van der Waals surface area contributed by atoms with Crippen LogP contribution in [0.2, 0.25) is 0 Å². The summed E-state index contributed by atoms with van der Waals surface area (Å²) in [4.78, 5) is 4.30. The molecule has 0 spiro atoms. The molecule has 0 atom stereocenters. The van der Waals surface area contributed by atoms with Crippen molar-refractivity contribution in [1.82, 2.24) is 4.98 Å². The molecule has 0 saturated carbocycles. The number of rotatable bonds is 4. The number of nitrogen functional groups attached to an aromatic ring is 1. The van der Waals surface area contributed by atoms with E-state index in [-0.39, 0.29) is 12.4 Å². The molecule has 0 aliphatic carbocycles. The number of aromatic nitrogens is 1. The van der Waals surface area contributed by atoms with E-state index in [2.05, 4.69) is 4.98 Å². The lowest BCUT2D eigenvalue weighted by Crippen LogP contribution is -1.96. The third-order valence-electron chi connectivity index (χ3n) is 2.89. The third kappa shape index (κ3) is 3.20. The largest absolute Gasteiger partial charge is 0.487 e. The van der Waals surface area contributed by atoms with Crippen molar-refractivity contribution in [2.75, 3.05) is 5.73 Å². The third-order valence-corrected chi connectivity index (χ3v) is 2.89. The predicted molar refractivity (Wildman–Crippen MR) is 77.1 cm³/mol. The normalized spacial score (nSPS) is 10.5. The van der Waals surface area contributed by atoms with Crippen LogP contribution in [-0.4, -0.2) is 4.98 Å². The quantitative estimate of drug-likeness (QED) is 0.743. The molecule has 0 radical (unpaired) electrons. The van der Waals surface area contributed by atoms with Gasteiger partial charge in [0.05, 0.1) is 0 Å². The van der Waals surface area contributed by atoms with Crippen LogP contribution >= 0.6 is 0 Å². The number of oxazole rings is 1. The van der Waals surface area contributed by atoms with Crippen molar-refractivity contribution in [1.29, 1.82) is 0 Å². The van der Waals surface area contributed by atoms with E-state index in [4.69, 9.17) is 14.9 Å². The Balaban J connectivity index is 1.69. The zero-order valence-electron chi connectivity index (χ0n) is 11.1. The topological polar surface area (TPSA) is 61.3 Å². The van der Waals surface area contributed by atoms with Gasteiger partial charge in [0.15, 0.2) is 0 Å². The zero-order valence-corrected chi connectivity index (χ0v) is 11.1. The second-order valence-corrected chi connectivity index (χ2v) is 4.51. The van der Waals surface area contributed by atoms with E-state index in [1.807, 2.05) is 12.1 Å². The van der Waals surface area contributed by atoms with Gasteiger partial charge in [0.25, 0.3) is 0 Å². The summed E-state index contributed by atoms with van der Waals surface area (Å²) in [5.74, 6) is 0.804. The Kier molecular flexibility index (Phi) is 3.55. The fourth-order valence-corrected chi connectivity index (χ4v) is 1.86. The standard InChI is InChI=1S/C16H13FN2O2/c17-12-6-4-11(5-7-12)16-19-14(10-21-16)9-20-15-3-1-2-13(18)8-15/h1-8,10H,9,18H2. The Morgan fingerprint density at radius 3 is 2.71 bits per heavy atom. The van der Waals surface area contributed by atoms with Gasteiger partial charge in [0.1, 0.15) is 30.1 Å². The summed E-state index contributed by atoms with van der Waals surface area (Å²) in [5.41, 5.74) is 7.68. The van der Waals surface area contributed by atoms with Crippen molar-refractivity contribution >= 4 is 5.69 Å². The van der Waals surface area contributed by atoms with Gasteiger partial charge in [0, 0.05) is 17.3 Å². The highest BCUT2D eigenvalue weighted by molar-refractivity contribution is 5.52. The van der Waals surface area contributed by atoms with E-state index < -0.39 is 0 Å². The number of nitrogens with zero attached hydrogens (tertiary/aromatic N) is 1. The highest BCUT2D eigenvalue weighted by atomic mass is 19.1. The van der Waals surface area contributed by atoms with Gasteiger partial charge in [-0.05, 0) is 36.4 Å². The molecule has 0 unspecified atom stereocenters. The molecule has 1 aromatic heterocycles. The maximum absolute atomic E-state index is 12.9. The van der Waals surface area contributed by atoms with E-state index in [9.17, 15) is 4.39 Å². The second-order valence-electron chi connectivity index (χ2n) is 4.51. The Morgan fingerprint density at radius 2 is 1.95 bits per heavy atom. The van der Waals surface area contributed by atoms with Gasteiger partial charge < -0.3 is 14.9 Å². The maximum atomic E-state index is 12.9. The van der Waals surface area contributed by atoms with Crippen LogP contribution in [0.3, 0.4) is 0 Å². The van der Waals surface area contributed by atoms with Crippen molar-refractivity contribution in [2.24, 2.45) is 0 Å². The first kappa shape index (κ1) is 13.2. The molecule has 21 heavy (non-hydrogen) atoms. The molecule has 0 bridgehead atoms. The zero-order chi connectivity index (χ0) is 14.7. The van der Waals surface area contributed by atoms with Gasteiger partial charge in [-0.25, -0.2) is 9.37 Å². The van der Waals surface area contributed by atoms with Crippen LogP contribution in [0, 0.1) is 5.82 Å². The molecule has 4 nitrogen and oxygen atoms in total. The van der Waals surface area contributed by atoms with Gasteiger partial charge in [-0.3, -0.25) is 0 Å². The highest BCUT2D eigenvalue weighted by Gasteiger charge is 2.07. The molecule has 5 heteroatoms. The molecule has 0 aliphatic rings. The molecule has 0 fully saturated rings. The molecule has 2 N–H and O–H groups in total. The Hall–Kier alpha value is -2.82. The van der Waals surface area contributed by atoms with Crippen LogP contribution in [-0.2, 0) is 6.61 Å². The summed E-state index contributed by atoms with van der Waals surface area (Å²) in [5, 5.41) is 0. The Morgan fingerprint density at radius 1 is 1.14 bits per heavy atom. The SMILES string of the molecule is Nc1cccc(OCc2coc(-c3ccc(F)cc3)n2)c1. The fourth-order valence-electron chi connectivity index (χ4n) is 1.86. The van der Waals surface area contributed by atoms with Crippen molar-refractivity contribution in [3.05, 3.63) is 66.3 Å². The lowest BCUT2D eigenvalue weighted by Gasteiger charge is -2.03. The molecule has 3 aromatic rings. The number of hydrogen-bond acceptors (Lipinski definition) is 4.